The second-order valence-electron chi connectivity index (χ2n) is 6.09. The zero-order valence-corrected chi connectivity index (χ0v) is 14.9. The molecule has 140 valence electrons. The van der Waals surface area contributed by atoms with Crippen molar-refractivity contribution in [1.29, 1.82) is 0 Å². The van der Waals surface area contributed by atoms with Crippen molar-refractivity contribution in [3.63, 3.8) is 0 Å². The van der Waals surface area contributed by atoms with Gasteiger partial charge in [0.05, 0.1) is 7.11 Å². The molecule has 0 heterocycles. The van der Waals surface area contributed by atoms with E-state index in [1.54, 1.807) is 26.2 Å². The first-order chi connectivity index (χ1) is 12.1. The predicted octanol–water partition coefficient (Wildman–Crippen LogP) is 5.28. The molecule has 0 aliphatic heterocycles. The number of anilines is 1. The van der Waals surface area contributed by atoms with E-state index in [4.69, 9.17) is 4.74 Å². The Balaban J connectivity index is 2.21. The Morgan fingerprint density at radius 2 is 1.73 bits per heavy atom. The Morgan fingerprint density at radius 3 is 2.23 bits per heavy atom. The molecule has 0 bridgehead atoms. The first-order valence-corrected chi connectivity index (χ1v) is 7.96. The predicted molar refractivity (Wildman–Crippen MR) is 92.9 cm³/mol. The lowest BCUT2D eigenvalue weighted by atomic mass is 9.96. The smallest absolute Gasteiger partial charge is 0.496 e. The van der Waals surface area contributed by atoms with Crippen LogP contribution < -0.4 is 14.8 Å². The Hall–Kier alpha value is -2.70. The number of halogens is 3. The lowest BCUT2D eigenvalue weighted by molar-refractivity contribution is -0.274. The molecule has 26 heavy (non-hydrogen) atoms. The van der Waals surface area contributed by atoms with Gasteiger partial charge in [-0.25, -0.2) is 0 Å². The van der Waals surface area contributed by atoms with Crippen LogP contribution in [0.3, 0.4) is 0 Å². The number of alkyl halides is 3. The van der Waals surface area contributed by atoms with Crippen molar-refractivity contribution in [2.75, 3.05) is 12.4 Å². The van der Waals surface area contributed by atoms with E-state index < -0.39 is 6.36 Å². The van der Waals surface area contributed by atoms with E-state index in [0.29, 0.717) is 17.0 Å². The molecule has 0 aliphatic rings. The molecular formula is C19H20F3NO3. The molecule has 0 unspecified atom stereocenters. The summed E-state index contributed by atoms with van der Waals surface area (Å²) in [5.41, 5.74) is 2.48. The van der Waals surface area contributed by atoms with E-state index in [1.807, 2.05) is 13.8 Å². The van der Waals surface area contributed by atoms with Crippen molar-refractivity contribution in [2.45, 2.75) is 33.1 Å². The molecule has 0 fully saturated rings. The summed E-state index contributed by atoms with van der Waals surface area (Å²) in [6.45, 7) is 5.78. The molecule has 0 aromatic heterocycles. The van der Waals surface area contributed by atoms with Crippen LogP contribution in [0.15, 0.2) is 36.4 Å². The highest BCUT2D eigenvalue weighted by Crippen LogP contribution is 2.30. The lowest BCUT2D eigenvalue weighted by Gasteiger charge is -2.16. The standard InChI is InChI=1S/C19H20F3NO3/c1-11(2)15-10-16(12(3)9-17(15)25-4)18(24)23-13-5-7-14(8-6-13)26-19(20,21)22/h5-11H,1-4H3,(H,23,24). The summed E-state index contributed by atoms with van der Waals surface area (Å²) in [6.07, 6.45) is -4.75. The van der Waals surface area contributed by atoms with Crippen LogP contribution in [-0.2, 0) is 0 Å². The van der Waals surface area contributed by atoms with Crippen LogP contribution >= 0.6 is 0 Å². The number of benzene rings is 2. The summed E-state index contributed by atoms with van der Waals surface area (Å²) < 4.78 is 45.7. The summed E-state index contributed by atoms with van der Waals surface area (Å²) in [6, 6.07) is 8.55. The van der Waals surface area contributed by atoms with E-state index in [0.717, 1.165) is 23.3 Å². The van der Waals surface area contributed by atoms with Gasteiger partial charge in [-0.2, -0.15) is 0 Å². The molecule has 1 amide bonds. The van der Waals surface area contributed by atoms with Crippen molar-refractivity contribution >= 4 is 11.6 Å². The minimum atomic E-state index is -4.75. The number of carbonyl (C=O) groups excluding carboxylic acids is 1. The highest BCUT2D eigenvalue weighted by atomic mass is 19.4. The van der Waals surface area contributed by atoms with Crippen LogP contribution in [0.5, 0.6) is 11.5 Å². The normalized spacial score (nSPS) is 11.4. The number of ether oxygens (including phenoxy) is 2. The van der Waals surface area contributed by atoms with Gasteiger partial charge in [-0.3, -0.25) is 4.79 Å². The maximum absolute atomic E-state index is 12.6. The van der Waals surface area contributed by atoms with Gasteiger partial charge in [0.25, 0.3) is 5.91 Å². The van der Waals surface area contributed by atoms with Crippen LogP contribution in [0, 0.1) is 6.92 Å². The van der Waals surface area contributed by atoms with Crippen LogP contribution in [-0.4, -0.2) is 19.4 Å². The highest BCUT2D eigenvalue weighted by molar-refractivity contribution is 6.05. The van der Waals surface area contributed by atoms with Crippen molar-refractivity contribution < 1.29 is 27.4 Å². The SMILES string of the molecule is COc1cc(C)c(C(=O)Nc2ccc(OC(F)(F)F)cc2)cc1C(C)C. The van der Waals surface area contributed by atoms with Gasteiger partial charge in [0.1, 0.15) is 11.5 Å². The Bertz CT molecular complexity index is 784. The van der Waals surface area contributed by atoms with Crippen molar-refractivity contribution in [2.24, 2.45) is 0 Å². The molecule has 0 spiro atoms. The van der Waals surface area contributed by atoms with Gasteiger partial charge in [0, 0.05) is 11.3 Å². The van der Waals surface area contributed by atoms with Gasteiger partial charge in [0.15, 0.2) is 0 Å². The number of carbonyl (C=O) groups is 1. The second kappa shape index (κ2) is 7.68. The summed E-state index contributed by atoms with van der Waals surface area (Å²) in [4.78, 5) is 12.6. The number of hydrogen-bond acceptors (Lipinski definition) is 3. The lowest BCUT2D eigenvalue weighted by Crippen LogP contribution is -2.17. The third-order valence-electron chi connectivity index (χ3n) is 3.79. The third-order valence-corrected chi connectivity index (χ3v) is 3.79. The fourth-order valence-corrected chi connectivity index (χ4v) is 2.51. The first kappa shape index (κ1) is 19.6. The van der Waals surface area contributed by atoms with E-state index in [1.165, 1.54) is 12.1 Å². The number of rotatable bonds is 5. The van der Waals surface area contributed by atoms with Crippen LogP contribution in [0.1, 0.15) is 41.3 Å². The summed E-state index contributed by atoms with van der Waals surface area (Å²) in [7, 11) is 1.57. The van der Waals surface area contributed by atoms with E-state index in [-0.39, 0.29) is 17.6 Å². The molecule has 7 heteroatoms. The quantitative estimate of drug-likeness (QED) is 0.782. The van der Waals surface area contributed by atoms with Crippen LogP contribution in [0.2, 0.25) is 0 Å². The summed E-state index contributed by atoms with van der Waals surface area (Å²) >= 11 is 0. The summed E-state index contributed by atoms with van der Waals surface area (Å²) in [5, 5.41) is 2.68. The Kier molecular flexibility index (Phi) is 5.79. The molecular weight excluding hydrogens is 347 g/mol. The van der Waals surface area contributed by atoms with E-state index in [2.05, 4.69) is 10.1 Å². The maximum atomic E-state index is 12.6. The van der Waals surface area contributed by atoms with E-state index >= 15 is 0 Å². The highest BCUT2D eigenvalue weighted by Gasteiger charge is 2.31. The van der Waals surface area contributed by atoms with Gasteiger partial charge in [-0.15, -0.1) is 13.2 Å². The number of hydrogen-bond donors (Lipinski definition) is 1. The fraction of sp³-hybridized carbons (Fsp3) is 0.316. The molecule has 0 aliphatic carbocycles. The second-order valence-corrected chi connectivity index (χ2v) is 6.09. The maximum Gasteiger partial charge on any atom is 0.573 e. The van der Waals surface area contributed by atoms with E-state index in [9.17, 15) is 18.0 Å². The molecule has 1 N–H and O–H groups in total. The van der Waals surface area contributed by atoms with Gasteiger partial charge < -0.3 is 14.8 Å². The largest absolute Gasteiger partial charge is 0.573 e. The van der Waals surface area contributed by atoms with Crippen molar-refractivity contribution in [3.05, 3.63) is 53.1 Å². The van der Waals surface area contributed by atoms with Crippen LogP contribution in [0.4, 0.5) is 18.9 Å². The topological polar surface area (TPSA) is 47.6 Å². The Labute approximate surface area is 149 Å². The fourth-order valence-electron chi connectivity index (χ4n) is 2.51. The van der Waals surface area contributed by atoms with Crippen LogP contribution in [0.25, 0.3) is 0 Å². The summed E-state index contributed by atoms with van der Waals surface area (Å²) in [5.74, 6) is 0.174. The molecule has 2 rings (SSSR count). The number of aryl methyl sites for hydroxylation is 1. The van der Waals surface area contributed by atoms with Gasteiger partial charge in [-0.1, -0.05) is 13.8 Å². The zero-order chi connectivity index (χ0) is 19.5. The van der Waals surface area contributed by atoms with Crippen molar-refractivity contribution in [3.8, 4) is 11.5 Å². The molecule has 0 saturated heterocycles. The van der Waals surface area contributed by atoms with Crippen molar-refractivity contribution in [1.82, 2.24) is 0 Å². The average molecular weight is 367 g/mol. The molecule has 4 nitrogen and oxygen atoms in total. The third kappa shape index (κ3) is 4.91. The monoisotopic (exact) mass is 367 g/mol. The average Bonchev–Trinajstić information content (AvgIpc) is 2.54. The number of amides is 1. The molecule has 0 saturated carbocycles. The number of methoxy groups -OCH3 is 1. The molecule has 2 aromatic carbocycles. The Morgan fingerprint density at radius 1 is 1.12 bits per heavy atom. The zero-order valence-electron chi connectivity index (χ0n) is 14.9. The molecule has 0 atom stereocenters. The molecule has 2 aromatic rings. The van der Waals surface area contributed by atoms with Gasteiger partial charge >= 0.3 is 6.36 Å². The minimum absolute atomic E-state index is 0.163. The van der Waals surface area contributed by atoms with Gasteiger partial charge in [0.2, 0.25) is 0 Å². The molecule has 0 radical (unpaired) electrons. The first-order valence-electron chi connectivity index (χ1n) is 7.96. The number of nitrogens with one attached hydrogen (secondary N) is 1. The minimum Gasteiger partial charge on any atom is -0.496 e. The van der Waals surface area contributed by atoms with Gasteiger partial charge in [-0.05, 0) is 60.4 Å².